The van der Waals surface area contributed by atoms with Gasteiger partial charge in [0, 0.05) is 30.8 Å². The van der Waals surface area contributed by atoms with Crippen molar-refractivity contribution < 1.29 is 4.79 Å². The molecule has 1 amide bonds. The summed E-state index contributed by atoms with van der Waals surface area (Å²) in [5.74, 6) is 0.545. The summed E-state index contributed by atoms with van der Waals surface area (Å²) in [6.45, 7) is 6.97. The fraction of sp³-hybridized carbons (Fsp3) is 0.227. The molecule has 5 heteroatoms. The van der Waals surface area contributed by atoms with E-state index in [0.717, 1.165) is 11.3 Å². The van der Waals surface area contributed by atoms with Crippen molar-refractivity contribution in [3.05, 3.63) is 83.8 Å². The van der Waals surface area contributed by atoms with Gasteiger partial charge in [-0.1, -0.05) is 45.0 Å². The van der Waals surface area contributed by atoms with Gasteiger partial charge >= 0.3 is 0 Å². The van der Waals surface area contributed by atoms with Crippen LogP contribution in [0.3, 0.4) is 0 Å². The van der Waals surface area contributed by atoms with E-state index in [9.17, 15) is 4.79 Å². The van der Waals surface area contributed by atoms with Crippen LogP contribution in [-0.2, 0) is 12.0 Å². The molecule has 2 aromatic heterocycles. The molecule has 3 rings (SSSR count). The lowest BCUT2D eigenvalue weighted by Crippen LogP contribution is -2.23. The van der Waals surface area contributed by atoms with Crippen LogP contribution in [0.5, 0.6) is 0 Å². The standard InChI is InChI=1S/C22H24N4O/c1-22(2,3)18-8-4-5-9-19(18)26-20-11-10-17(15-24-20)21(27)25-14-16-7-6-12-23-13-16/h4-13,15H,14H2,1-3H3,(H,24,26)(H,25,27). The number of carbonyl (C=O) groups excluding carboxylic acids is 1. The predicted molar refractivity (Wildman–Crippen MR) is 108 cm³/mol. The number of aromatic nitrogens is 2. The molecule has 0 spiro atoms. The summed E-state index contributed by atoms with van der Waals surface area (Å²) >= 11 is 0. The topological polar surface area (TPSA) is 66.9 Å². The van der Waals surface area contributed by atoms with Crippen molar-refractivity contribution in [2.75, 3.05) is 5.32 Å². The van der Waals surface area contributed by atoms with Gasteiger partial charge in [-0.3, -0.25) is 9.78 Å². The molecule has 0 fully saturated rings. The van der Waals surface area contributed by atoms with Crippen molar-refractivity contribution in [3.8, 4) is 0 Å². The van der Waals surface area contributed by atoms with Crippen LogP contribution in [0.4, 0.5) is 11.5 Å². The normalized spacial score (nSPS) is 11.1. The van der Waals surface area contributed by atoms with Crippen LogP contribution in [0.1, 0.15) is 42.3 Å². The average molecular weight is 360 g/mol. The summed E-state index contributed by atoms with van der Waals surface area (Å²) < 4.78 is 0. The van der Waals surface area contributed by atoms with Crippen LogP contribution in [0.25, 0.3) is 0 Å². The quantitative estimate of drug-likeness (QED) is 0.705. The van der Waals surface area contributed by atoms with Crippen LogP contribution >= 0.6 is 0 Å². The molecule has 3 aromatic rings. The van der Waals surface area contributed by atoms with Gasteiger partial charge in [-0.15, -0.1) is 0 Å². The van der Waals surface area contributed by atoms with Crippen molar-refractivity contribution >= 4 is 17.4 Å². The van der Waals surface area contributed by atoms with E-state index < -0.39 is 0 Å². The molecule has 0 aliphatic rings. The van der Waals surface area contributed by atoms with Crippen molar-refractivity contribution in [1.29, 1.82) is 0 Å². The highest BCUT2D eigenvalue weighted by Crippen LogP contribution is 2.30. The Morgan fingerprint density at radius 2 is 1.81 bits per heavy atom. The zero-order valence-corrected chi connectivity index (χ0v) is 15.9. The highest BCUT2D eigenvalue weighted by atomic mass is 16.1. The lowest BCUT2D eigenvalue weighted by molar-refractivity contribution is 0.0950. The molecule has 0 unspecified atom stereocenters. The van der Waals surface area contributed by atoms with Gasteiger partial charge in [0.1, 0.15) is 5.82 Å². The number of anilines is 2. The number of nitrogens with zero attached hydrogens (tertiary/aromatic N) is 2. The number of hydrogen-bond donors (Lipinski definition) is 2. The van der Waals surface area contributed by atoms with Gasteiger partial charge in [0.05, 0.1) is 5.56 Å². The van der Waals surface area contributed by atoms with Gasteiger partial charge in [-0.05, 0) is 40.8 Å². The Kier molecular flexibility index (Phi) is 5.50. The molecule has 2 N–H and O–H groups in total. The molecule has 0 aliphatic heterocycles. The van der Waals surface area contributed by atoms with E-state index in [1.807, 2.05) is 36.4 Å². The zero-order chi connectivity index (χ0) is 19.3. The van der Waals surface area contributed by atoms with Gasteiger partial charge in [0.25, 0.3) is 5.91 Å². The fourth-order valence-corrected chi connectivity index (χ4v) is 2.77. The van der Waals surface area contributed by atoms with Crippen molar-refractivity contribution in [3.63, 3.8) is 0 Å². The number of amides is 1. The first-order valence-electron chi connectivity index (χ1n) is 8.93. The molecule has 0 aliphatic carbocycles. The van der Waals surface area contributed by atoms with E-state index in [-0.39, 0.29) is 11.3 Å². The number of benzene rings is 1. The predicted octanol–water partition coefficient (Wildman–Crippen LogP) is 4.45. The van der Waals surface area contributed by atoms with Gasteiger partial charge in [-0.2, -0.15) is 0 Å². The molecule has 27 heavy (non-hydrogen) atoms. The summed E-state index contributed by atoms with van der Waals surface area (Å²) in [5, 5.41) is 6.23. The first-order chi connectivity index (χ1) is 12.9. The Hall–Kier alpha value is -3.21. The Bertz CT molecular complexity index is 900. The number of pyridine rings is 2. The monoisotopic (exact) mass is 360 g/mol. The Morgan fingerprint density at radius 1 is 1.00 bits per heavy atom. The highest BCUT2D eigenvalue weighted by molar-refractivity contribution is 5.94. The Balaban J connectivity index is 1.66. The molecule has 2 heterocycles. The summed E-state index contributed by atoms with van der Waals surface area (Å²) in [5.41, 5.74) is 3.73. The molecule has 1 aromatic carbocycles. The summed E-state index contributed by atoms with van der Waals surface area (Å²) in [4.78, 5) is 20.7. The minimum absolute atomic E-state index is 0.0235. The van der Waals surface area contributed by atoms with Crippen LogP contribution in [0.15, 0.2) is 67.1 Å². The van der Waals surface area contributed by atoms with Crippen LogP contribution in [0.2, 0.25) is 0 Å². The second kappa shape index (κ2) is 7.99. The van der Waals surface area contributed by atoms with E-state index in [1.165, 1.54) is 5.56 Å². The number of carbonyl (C=O) groups is 1. The number of nitrogens with one attached hydrogen (secondary N) is 2. The third-order valence-corrected chi connectivity index (χ3v) is 4.20. The van der Waals surface area contributed by atoms with Gasteiger partial charge in [0.2, 0.25) is 0 Å². The lowest BCUT2D eigenvalue weighted by Gasteiger charge is -2.23. The maximum Gasteiger partial charge on any atom is 0.253 e. The van der Waals surface area contributed by atoms with E-state index in [0.29, 0.717) is 17.9 Å². The third-order valence-electron chi connectivity index (χ3n) is 4.20. The molecule has 0 radical (unpaired) electrons. The number of rotatable bonds is 5. The Labute approximate surface area is 159 Å². The summed E-state index contributed by atoms with van der Waals surface area (Å²) in [7, 11) is 0. The molecule has 138 valence electrons. The Morgan fingerprint density at radius 3 is 2.48 bits per heavy atom. The lowest BCUT2D eigenvalue weighted by atomic mass is 9.86. The van der Waals surface area contributed by atoms with Crippen LogP contribution in [0, 0.1) is 0 Å². The molecule has 0 atom stereocenters. The van der Waals surface area contributed by atoms with Crippen LogP contribution in [-0.4, -0.2) is 15.9 Å². The zero-order valence-electron chi connectivity index (χ0n) is 15.9. The maximum atomic E-state index is 12.3. The van der Waals surface area contributed by atoms with Crippen molar-refractivity contribution in [2.45, 2.75) is 32.7 Å². The highest BCUT2D eigenvalue weighted by Gasteiger charge is 2.17. The second-order valence-corrected chi connectivity index (χ2v) is 7.40. The molecule has 0 saturated carbocycles. The number of hydrogen-bond acceptors (Lipinski definition) is 4. The second-order valence-electron chi connectivity index (χ2n) is 7.40. The maximum absolute atomic E-state index is 12.3. The molecule has 5 nitrogen and oxygen atoms in total. The molecule has 0 saturated heterocycles. The molecular weight excluding hydrogens is 336 g/mol. The molecule has 0 bridgehead atoms. The van der Waals surface area contributed by atoms with E-state index in [2.05, 4.69) is 47.4 Å². The van der Waals surface area contributed by atoms with Gasteiger partial charge < -0.3 is 10.6 Å². The number of para-hydroxylation sites is 1. The minimum Gasteiger partial charge on any atom is -0.348 e. The van der Waals surface area contributed by atoms with Crippen molar-refractivity contribution in [2.24, 2.45) is 0 Å². The third kappa shape index (κ3) is 4.91. The van der Waals surface area contributed by atoms with E-state index in [4.69, 9.17) is 0 Å². The van der Waals surface area contributed by atoms with Crippen molar-refractivity contribution in [1.82, 2.24) is 15.3 Å². The smallest absolute Gasteiger partial charge is 0.253 e. The average Bonchev–Trinajstić information content (AvgIpc) is 2.67. The largest absolute Gasteiger partial charge is 0.348 e. The first-order valence-corrected chi connectivity index (χ1v) is 8.93. The first kappa shape index (κ1) is 18.6. The summed E-state index contributed by atoms with van der Waals surface area (Å²) in [6, 6.07) is 15.5. The SMILES string of the molecule is CC(C)(C)c1ccccc1Nc1ccc(C(=O)NCc2cccnc2)cn1. The molecular formula is C22H24N4O. The van der Waals surface area contributed by atoms with E-state index >= 15 is 0 Å². The van der Waals surface area contributed by atoms with Gasteiger partial charge in [0.15, 0.2) is 0 Å². The summed E-state index contributed by atoms with van der Waals surface area (Å²) in [6.07, 6.45) is 5.03. The van der Waals surface area contributed by atoms with Crippen LogP contribution < -0.4 is 10.6 Å². The fourth-order valence-electron chi connectivity index (χ4n) is 2.77. The van der Waals surface area contributed by atoms with E-state index in [1.54, 1.807) is 24.7 Å². The minimum atomic E-state index is -0.159. The van der Waals surface area contributed by atoms with Gasteiger partial charge in [-0.25, -0.2) is 4.98 Å².